The summed E-state index contributed by atoms with van der Waals surface area (Å²) in [5.74, 6) is -0.528. The van der Waals surface area contributed by atoms with Crippen LogP contribution in [0.3, 0.4) is 0 Å². The number of methoxy groups -OCH3 is 1. The predicted molar refractivity (Wildman–Crippen MR) is 160 cm³/mol. The SMILES string of the molecule is COC(=O)c1ccc(-n2cccc2[C@H]2[C@@H](c3ccccn3)NC(=S)N2c2ccc(NC(=O)C(C)C)c(C)c2)cc1. The number of thiocarbonyl (C=S) groups is 1. The highest BCUT2D eigenvalue weighted by Crippen LogP contribution is 2.43. The molecule has 0 unspecified atom stereocenters. The monoisotopic (exact) mass is 553 g/mol. The largest absolute Gasteiger partial charge is 0.465 e. The summed E-state index contributed by atoms with van der Waals surface area (Å²) in [5, 5.41) is 7.08. The first-order valence-corrected chi connectivity index (χ1v) is 13.5. The van der Waals surface area contributed by atoms with Gasteiger partial charge >= 0.3 is 5.97 Å². The normalized spacial score (nSPS) is 16.6. The highest BCUT2D eigenvalue weighted by Gasteiger charge is 2.42. The van der Waals surface area contributed by atoms with Crippen molar-refractivity contribution in [3.05, 3.63) is 108 Å². The van der Waals surface area contributed by atoms with Crippen molar-refractivity contribution in [2.24, 2.45) is 5.92 Å². The number of nitrogens with zero attached hydrogens (tertiary/aromatic N) is 3. The topological polar surface area (TPSA) is 88.5 Å². The highest BCUT2D eigenvalue weighted by atomic mass is 32.1. The molecule has 2 aromatic heterocycles. The lowest BCUT2D eigenvalue weighted by atomic mass is 10.00. The number of rotatable bonds is 7. The fourth-order valence-electron chi connectivity index (χ4n) is 4.89. The molecule has 0 saturated carbocycles. The van der Waals surface area contributed by atoms with Crippen LogP contribution in [0.2, 0.25) is 0 Å². The molecule has 0 spiro atoms. The van der Waals surface area contributed by atoms with Gasteiger partial charge in [-0.05, 0) is 91.4 Å². The molecule has 0 bridgehead atoms. The molecule has 0 aliphatic carbocycles. The van der Waals surface area contributed by atoms with Crippen molar-refractivity contribution in [1.29, 1.82) is 0 Å². The van der Waals surface area contributed by atoms with E-state index in [0.29, 0.717) is 10.7 Å². The van der Waals surface area contributed by atoms with Crippen LogP contribution in [0.4, 0.5) is 11.4 Å². The van der Waals surface area contributed by atoms with Gasteiger partial charge in [0.2, 0.25) is 5.91 Å². The summed E-state index contributed by atoms with van der Waals surface area (Å²) in [6, 6.07) is 22.7. The molecule has 40 heavy (non-hydrogen) atoms. The lowest BCUT2D eigenvalue weighted by Gasteiger charge is -2.29. The second-order valence-corrected chi connectivity index (χ2v) is 10.4. The number of carbonyl (C=O) groups is 2. The molecule has 0 radical (unpaired) electrons. The molecule has 3 heterocycles. The van der Waals surface area contributed by atoms with E-state index in [4.69, 9.17) is 17.0 Å². The van der Waals surface area contributed by atoms with E-state index in [0.717, 1.165) is 34.0 Å². The Hall–Kier alpha value is -4.50. The van der Waals surface area contributed by atoms with E-state index in [1.165, 1.54) is 7.11 Å². The van der Waals surface area contributed by atoms with Crippen LogP contribution < -0.4 is 15.5 Å². The second kappa shape index (κ2) is 11.3. The number of anilines is 2. The molecule has 8 nitrogen and oxygen atoms in total. The maximum atomic E-state index is 12.3. The Labute approximate surface area is 239 Å². The minimum atomic E-state index is -0.380. The zero-order chi connectivity index (χ0) is 28.4. The average Bonchev–Trinajstić information content (AvgIpc) is 3.58. The Morgan fingerprint density at radius 3 is 2.42 bits per heavy atom. The van der Waals surface area contributed by atoms with Crippen molar-refractivity contribution in [3.63, 3.8) is 0 Å². The zero-order valence-electron chi connectivity index (χ0n) is 22.8. The number of ether oxygens (including phenoxy) is 1. The molecule has 2 atom stereocenters. The van der Waals surface area contributed by atoms with E-state index in [2.05, 4.69) is 31.2 Å². The third-order valence-corrected chi connectivity index (χ3v) is 7.33. The van der Waals surface area contributed by atoms with Crippen molar-refractivity contribution in [2.75, 3.05) is 17.3 Å². The maximum absolute atomic E-state index is 12.3. The van der Waals surface area contributed by atoms with Gasteiger partial charge in [0.15, 0.2) is 5.11 Å². The number of aromatic nitrogens is 2. The van der Waals surface area contributed by atoms with Gasteiger partial charge in [-0.15, -0.1) is 0 Å². The third-order valence-electron chi connectivity index (χ3n) is 7.02. The van der Waals surface area contributed by atoms with Gasteiger partial charge in [-0.25, -0.2) is 4.79 Å². The van der Waals surface area contributed by atoms with Crippen molar-refractivity contribution < 1.29 is 14.3 Å². The van der Waals surface area contributed by atoms with Gasteiger partial charge in [-0.3, -0.25) is 9.78 Å². The number of hydrogen-bond acceptors (Lipinski definition) is 5. The van der Waals surface area contributed by atoms with Gasteiger partial charge in [0.05, 0.1) is 24.4 Å². The molecule has 1 fully saturated rings. The lowest BCUT2D eigenvalue weighted by Crippen LogP contribution is -2.30. The number of benzene rings is 2. The number of pyridine rings is 1. The van der Waals surface area contributed by atoms with Crippen LogP contribution in [0, 0.1) is 12.8 Å². The summed E-state index contributed by atoms with van der Waals surface area (Å²) in [6.07, 6.45) is 3.77. The van der Waals surface area contributed by atoms with Gasteiger partial charge < -0.3 is 24.8 Å². The van der Waals surface area contributed by atoms with Crippen LogP contribution in [0.15, 0.2) is 85.2 Å². The molecule has 1 amide bonds. The zero-order valence-corrected chi connectivity index (χ0v) is 23.6. The first kappa shape index (κ1) is 27.1. The minimum absolute atomic E-state index is 0.0293. The average molecular weight is 554 g/mol. The molecule has 1 aliphatic heterocycles. The summed E-state index contributed by atoms with van der Waals surface area (Å²) < 4.78 is 6.95. The molecular weight excluding hydrogens is 522 g/mol. The van der Waals surface area contributed by atoms with Crippen molar-refractivity contribution in [2.45, 2.75) is 32.9 Å². The Balaban J connectivity index is 1.58. The molecule has 1 saturated heterocycles. The maximum Gasteiger partial charge on any atom is 0.337 e. The molecule has 9 heteroatoms. The van der Waals surface area contributed by atoms with E-state index in [9.17, 15) is 9.59 Å². The Bertz CT molecular complexity index is 1550. The fraction of sp³-hybridized carbons (Fsp3) is 0.226. The van der Waals surface area contributed by atoms with Crippen LogP contribution in [-0.4, -0.2) is 33.6 Å². The quantitative estimate of drug-likeness (QED) is 0.223. The summed E-state index contributed by atoms with van der Waals surface area (Å²) in [4.78, 5) is 31.1. The summed E-state index contributed by atoms with van der Waals surface area (Å²) in [7, 11) is 1.37. The summed E-state index contributed by atoms with van der Waals surface area (Å²) in [6.45, 7) is 5.71. The van der Waals surface area contributed by atoms with E-state index >= 15 is 0 Å². The lowest BCUT2D eigenvalue weighted by molar-refractivity contribution is -0.118. The molecule has 2 aromatic carbocycles. The molecule has 2 N–H and O–H groups in total. The van der Waals surface area contributed by atoms with E-state index in [-0.39, 0.29) is 29.9 Å². The van der Waals surface area contributed by atoms with Gasteiger partial charge in [0, 0.05) is 41.1 Å². The molecule has 5 rings (SSSR count). The molecule has 4 aromatic rings. The van der Waals surface area contributed by atoms with Crippen LogP contribution in [0.5, 0.6) is 0 Å². The summed E-state index contributed by atoms with van der Waals surface area (Å²) >= 11 is 5.91. The van der Waals surface area contributed by atoms with Gasteiger partial charge in [-0.1, -0.05) is 19.9 Å². The first-order valence-electron chi connectivity index (χ1n) is 13.1. The number of esters is 1. The second-order valence-electron chi connectivity index (χ2n) is 9.98. The van der Waals surface area contributed by atoms with Crippen molar-refractivity contribution in [3.8, 4) is 5.69 Å². The standard InChI is InChI=1S/C31H31N5O3S/c1-19(2)29(37)33-24-15-14-23(18-20(24)3)36-28(27(34-31(36)40)25-8-5-6-16-32-25)26-9-7-17-35(26)22-12-10-21(11-13-22)30(38)39-4/h5-19,27-28H,1-4H3,(H,33,37)(H,34,40)/t27-,28+/m1/s1. The summed E-state index contributed by atoms with van der Waals surface area (Å²) in [5.41, 5.74) is 5.84. The highest BCUT2D eigenvalue weighted by molar-refractivity contribution is 7.80. The van der Waals surface area contributed by atoms with Crippen LogP contribution in [0.25, 0.3) is 5.69 Å². The van der Waals surface area contributed by atoms with Gasteiger partial charge in [0.1, 0.15) is 6.04 Å². The molecule has 1 aliphatic rings. The number of carbonyl (C=O) groups excluding carboxylic acids is 2. The molecule has 204 valence electrons. The van der Waals surface area contributed by atoms with E-state index in [1.807, 2.05) is 81.6 Å². The fourth-order valence-corrected chi connectivity index (χ4v) is 5.24. The number of aryl methyl sites for hydroxylation is 1. The predicted octanol–water partition coefficient (Wildman–Crippen LogP) is 5.74. The number of hydrogen-bond donors (Lipinski definition) is 2. The van der Waals surface area contributed by atoms with Gasteiger partial charge in [0.25, 0.3) is 0 Å². The van der Waals surface area contributed by atoms with Crippen LogP contribution >= 0.6 is 12.2 Å². The Morgan fingerprint density at radius 1 is 1.02 bits per heavy atom. The first-order chi connectivity index (χ1) is 19.3. The van der Waals surface area contributed by atoms with E-state index in [1.54, 1.807) is 18.3 Å². The van der Waals surface area contributed by atoms with Crippen LogP contribution in [0.1, 0.15) is 53.2 Å². The number of amides is 1. The van der Waals surface area contributed by atoms with Crippen molar-refractivity contribution in [1.82, 2.24) is 14.9 Å². The van der Waals surface area contributed by atoms with Gasteiger partial charge in [-0.2, -0.15) is 0 Å². The van der Waals surface area contributed by atoms with E-state index < -0.39 is 0 Å². The molecular formula is C31H31N5O3S. The number of nitrogens with one attached hydrogen (secondary N) is 2. The third kappa shape index (κ3) is 5.20. The Kier molecular flexibility index (Phi) is 7.66. The Morgan fingerprint density at radius 2 is 1.77 bits per heavy atom. The smallest absolute Gasteiger partial charge is 0.337 e. The van der Waals surface area contributed by atoms with Crippen LogP contribution in [-0.2, 0) is 9.53 Å². The minimum Gasteiger partial charge on any atom is -0.465 e. The van der Waals surface area contributed by atoms with Crippen molar-refractivity contribution >= 4 is 40.6 Å².